The number of rotatable bonds is 3. The lowest BCUT2D eigenvalue weighted by Crippen LogP contribution is -2.00. The maximum atomic E-state index is 5.68. The van der Waals surface area contributed by atoms with Crippen molar-refractivity contribution < 1.29 is 13.7 Å². The first-order valence-corrected chi connectivity index (χ1v) is 7.58. The lowest BCUT2D eigenvalue weighted by atomic mass is 10.0. The van der Waals surface area contributed by atoms with E-state index in [1.807, 2.05) is 0 Å². The maximum absolute atomic E-state index is 5.68. The Morgan fingerprint density at radius 3 is 3.00 bits per heavy atom. The van der Waals surface area contributed by atoms with E-state index in [0.29, 0.717) is 18.9 Å². The van der Waals surface area contributed by atoms with Crippen molar-refractivity contribution in [2.24, 2.45) is 0 Å². The third-order valence-corrected chi connectivity index (χ3v) is 4.21. The fraction of sp³-hybridized carbons (Fsp3) is 0.412. The normalized spacial score (nSPS) is 18.4. The Labute approximate surface area is 128 Å². The van der Waals surface area contributed by atoms with E-state index in [1.165, 1.54) is 11.1 Å². The minimum absolute atomic E-state index is 0.267. The van der Waals surface area contributed by atoms with Gasteiger partial charge in [0.25, 0.3) is 0 Å². The molecule has 22 heavy (non-hydrogen) atoms. The molecule has 1 aliphatic rings. The SMILES string of the molecule is Cc1cc(C)c2c(Cc3nc([C@H]4CCOC4)no3)coc2c1. The van der Waals surface area contributed by atoms with Crippen LogP contribution in [0.5, 0.6) is 0 Å². The van der Waals surface area contributed by atoms with Gasteiger partial charge >= 0.3 is 0 Å². The molecule has 0 unspecified atom stereocenters. The first-order valence-electron chi connectivity index (χ1n) is 7.58. The summed E-state index contributed by atoms with van der Waals surface area (Å²) in [6.07, 6.45) is 3.35. The van der Waals surface area contributed by atoms with E-state index in [-0.39, 0.29) is 5.92 Å². The predicted octanol–water partition coefficient (Wildman–Crippen LogP) is 3.53. The molecule has 3 heterocycles. The van der Waals surface area contributed by atoms with E-state index >= 15 is 0 Å². The Morgan fingerprint density at radius 2 is 2.18 bits per heavy atom. The highest BCUT2D eigenvalue weighted by Gasteiger charge is 2.23. The molecule has 1 saturated heterocycles. The zero-order chi connectivity index (χ0) is 15.1. The van der Waals surface area contributed by atoms with Crippen LogP contribution in [0.1, 0.15) is 40.7 Å². The highest BCUT2D eigenvalue weighted by molar-refractivity contribution is 5.85. The molecule has 1 fully saturated rings. The van der Waals surface area contributed by atoms with Crippen LogP contribution < -0.4 is 0 Å². The molecule has 1 atom stereocenters. The fourth-order valence-electron chi connectivity index (χ4n) is 3.16. The van der Waals surface area contributed by atoms with Crippen molar-refractivity contribution in [3.63, 3.8) is 0 Å². The molecule has 0 bridgehead atoms. The van der Waals surface area contributed by atoms with Crippen LogP contribution in [-0.2, 0) is 11.2 Å². The minimum atomic E-state index is 0.267. The van der Waals surface area contributed by atoms with Gasteiger partial charge in [-0.2, -0.15) is 4.98 Å². The average Bonchev–Trinajstić information content (AvgIpc) is 3.19. The van der Waals surface area contributed by atoms with Crippen molar-refractivity contribution >= 4 is 11.0 Å². The number of aromatic nitrogens is 2. The lowest BCUT2D eigenvalue weighted by molar-refractivity contribution is 0.192. The van der Waals surface area contributed by atoms with Gasteiger partial charge in [-0.05, 0) is 37.5 Å². The molecule has 0 spiro atoms. The number of benzene rings is 1. The van der Waals surface area contributed by atoms with Gasteiger partial charge in [-0.25, -0.2) is 0 Å². The van der Waals surface area contributed by atoms with Crippen LogP contribution in [0.4, 0.5) is 0 Å². The summed E-state index contributed by atoms with van der Waals surface area (Å²) in [5.74, 6) is 1.65. The van der Waals surface area contributed by atoms with Crippen LogP contribution >= 0.6 is 0 Å². The van der Waals surface area contributed by atoms with Crippen molar-refractivity contribution in [2.45, 2.75) is 32.6 Å². The molecule has 3 aromatic rings. The van der Waals surface area contributed by atoms with E-state index in [2.05, 4.69) is 36.1 Å². The molecule has 4 rings (SSSR count). The summed E-state index contributed by atoms with van der Waals surface area (Å²) in [6.45, 7) is 5.64. The Kier molecular flexibility index (Phi) is 3.22. The molecule has 0 saturated carbocycles. The summed E-state index contributed by atoms with van der Waals surface area (Å²) < 4.78 is 16.5. The molecule has 1 aromatic carbocycles. The maximum Gasteiger partial charge on any atom is 0.231 e. The Balaban J connectivity index is 1.63. The van der Waals surface area contributed by atoms with Gasteiger partial charge in [0.15, 0.2) is 5.82 Å². The number of fused-ring (bicyclic) bond motifs is 1. The molecule has 2 aromatic heterocycles. The van der Waals surface area contributed by atoms with Gasteiger partial charge in [-0.1, -0.05) is 11.2 Å². The molecular weight excluding hydrogens is 280 g/mol. The first-order chi connectivity index (χ1) is 10.7. The third-order valence-electron chi connectivity index (χ3n) is 4.21. The minimum Gasteiger partial charge on any atom is -0.464 e. The van der Waals surface area contributed by atoms with Crippen molar-refractivity contribution in [1.29, 1.82) is 0 Å². The van der Waals surface area contributed by atoms with E-state index in [9.17, 15) is 0 Å². The van der Waals surface area contributed by atoms with Crippen LogP contribution in [0.25, 0.3) is 11.0 Å². The Hall–Kier alpha value is -2.14. The molecule has 114 valence electrons. The van der Waals surface area contributed by atoms with Crippen LogP contribution in [0.2, 0.25) is 0 Å². The monoisotopic (exact) mass is 298 g/mol. The second-order valence-corrected chi connectivity index (χ2v) is 6.00. The third kappa shape index (κ3) is 2.31. The summed E-state index contributed by atoms with van der Waals surface area (Å²) in [5.41, 5.74) is 4.41. The van der Waals surface area contributed by atoms with Crippen molar-refractivity contribution in [1.82, 2.24) is 10.1 Å². The zero-order valence-corrected chi connectivity index (χ0v) is 12.8. The largest absolute Gasteiger partial charge is 0.464 e. The summed E-state index contributed by atoms with van der Waals surface area (Å²) in [6, 6.07) is 4.22. The summed E-state index contributed by atoms with van der Waals surface area (Å²) in [4.78, 5) is 4.52. The topological polar surface area (TPSA) is 61.3 Å². The molecule has 5 heteroatoms. The molecule has 0 N–H and O–H groups in total. The van der Waals surface area contributed by atoms with Gasteiger partial charge < -0.3 is 13.7 Å². The van der Waals surface area contributed by atoms with Gasteiger partial charge in [0.05, 0.1) is 19.3 Å². The second kappa shape index (κ2) is 5.25. The first kappa shape index (κ1) is 13.5. The van der Waals surface area contributed by atoms with E-state index < -0.39 is 0 Å². The van der Waals surface area contributed by atoms with E-state index in [0.717, 1.165) is 35.4 Å². The zero-order valence-electron chi connectivity index (χ0n) is 12.8. The molecule has 5 nitrogen and oxygen atoms in total. The van der Waals surface area contributed by atoms with Gasteiger partial charge in [0.2, 0.25) is 5.89 Å². The number of hydrogen-bond donors (Lipinski definition) is 0. The number of nitrogens with zero attached hydrogens (tertiary/aromatic N) is 2. The number of furan rings is 1. The molecule has 1 aliphatic heterocycles. The van der Waals surface area contributed by atoms with Crippen molar-refractivity contribution in [3.8, 4) is 0 Å². The van der Waals surface area contributed by atoms with Gasteiger partial charge in [0.1, 0.15) is 5.58 Å². The standard InChI is InChI=1S/C17H18N2O3/c1-10-5-11(2)16-13(9-21-14(16)6-10)7-15-18-17(19-22-15)12-3-4-20-8-12/h5-6,9,12H,3-4,7-8H2,1-2H3/t12-/m0/s1. The van der Waals surface area contributed by atoms with Crippen LogP contribution in [-0.4, -0.2) is 23.4 Å². The smallest absolute Gasteiger partial charge is 0.231 e. The van der Waals surface area contributed by atoms with Gasteiger partial charge in [0, 0.05) is 23.5 Å². The summed E-state index contributed by atoms with van der Waals surface area (Å²) in [5, 5.41) is 5.25. The van der Waals surface area contributed by atoms with Crippen LogP contribution in [0.15, 0.2) is 27.3 Å². The number of hydrogen-bond acceptors (Lipinski definition) is 5. The highest BCUT2D eigenvalue weighted by Crippen LogP contribution is 2.28. The quantitative estimate of drug-likeness (QED) is 0.740. The average molecular weight is 298 g/mol. The lowest BCUT2D eigenvalue weighted by Gasteiger charge is -2.00. The van der Waals surface area contributed by atoms with E-state index in [4.69, 9.17) is 13.7 Å². The molecule has 0 radical (unpaired) electrons. The van der Waals surface area contributed by atoms with Crippen molar-refractivity contribution in [2.75, 3.05) is 13.2 Å². The van der Waals surface area contributed by atoms with E-state index in [1.54, 1.807) is 6.26 Å². The second-order valence-electron chi connectivity index (χ2n) is 6.00. The summed E-state index contributed by atoms with van der Waals surface area (Å²) in [7, 11) is 0. The number of aryl methyl sites for hydroxylation is 2. The van der Waals surface area contributed by atoms with Crippen LogP contribution in [0, 0.1) is 13.8 Å². The van der Waals surface area contributed by atoms with Crippen molar-refractivity contribution in [3.05, 3.63) is 46.8 Å². The Morgan fingerprint density at radius 1 is 1.27 bits per heavy atom. The fourth-order valence-corrected chi connectivity index (χ4v) is 3.16. The number of ether oxygens (including phenoxy) is 1. The van der Waals surface area contributed by atoms with Gasteiger partial charge in [-0.15, -0.1) is 0 Å². The highest BCUT2D eigenvalue weighted by atomic mass is 16.5. The van der Waals surface area contributed by atoms with Gasteiger partial charge in [-0.3, -0.25) is 0 Å². The van der Waals surface area contributed by atoms with Crippen LogP contribution in [0.3, 0.4) is 0 Å². The molecule has 0 aliphatic carbocycles. The molecular formula is C17H18N2O3. The Bertz CT molecular complexity index is 813. The summed E-state index contributed by atoms with van der Waals surface area (Å²) >= 11 is 0. The predicted molar refractivity (Wildman–Crippen MR) is 81.0 cm³/mol. The molecule has 0 amide bonds.